The zero-order chi connectivity index (χ0) is 35.6. The maximum Gasteiger partial charge on any atom is 0.145 e. The smallest absolute Gasteiger partial charge is 0.145 e. The molecule has 5 aromatic rings. The lowest BCUT2D eigenvalue weighted by Crippen LogP contribution is -2.37. The zero-order valence-corrected chi connectivity index (χ0v) is 47.0. The number of anilines is 3. The first-order valence-corrected chi connectivity index (χ1v) is 17.9. The SMILES string of the molecule is CC.CC.CC1(C)C=CC2(O1)c1ccccc1N(c1ccccc1)c1ccccc12.CC1(C)C=CC2(O1)c1ccccc1Oc1ccccc12.I.I.I.I.I.I. The van der Waals surface area contributed by atoms with Crippen LogP contribution in [-0.4, -0.2) is 11.2 Å². The summed E-state index contributed by atoms with van der Waals surface area (Å²) in [6, 6.07) is 43.8. The molecule has 0 radical (unpaired) electrons. The summed E-state index contributed by atoms with van der Waals surface area (Å²) in [6.45, 7) is 16.4. The molecule has 0 unspecified atom stereocenters. The van der Waals surface area contributed by atoms with E-state index in [0.717, 1.165) is 28.3 Å². The Morgan fingerprint density at radius 1 is 0.375 bits per heavy atom. The third-order valence-electron chi connectivity index (χ3n) is 9.19. The van der Waals surface area contributed by atoms with Crippen LogP contribution in [0.15, 0.2) is 152 Å². The molecule has 2 spiro atoms. The Morgan fingerprint density at radius 2 is 0.696 bits per heavy atom. The van der Waals surface area contributed by atoms with E-state index in [-0.39, 0.29) is 155 Å². The first kappa shape index (κ1) is 55.5. The highest BCUT2D eigenvalue weighted by Gasteiger charge is 2.49. The number of ether oxygens (including phenoxy) is 3. The van der Waals surface area contributed by atoms with Crippen molar-refractivity contribution in [2.45, 2.75) is 77.8 Å². The van der Waals surface area contributed by atoms with Gasteiger partial charge in [-0.25, -0.2) is 0 Å². The van der Waals surface area contributed by atoms with Gasteiger partial charge < -0.3 is 19.1 Å². The van der Waals surface area contributed by atoms with Crippen LogP contribution in [0.1, 0.15) is 77.6 Å². The summed E-state index contributed by atoms with van der Waals surface area (Å²) in [5, 5.41) is 0. The fourth-order valence-electron chi connectivity index (χ4n) is 7.26. The van der Waals surface area contributed by atoms with Crippen LogP contribution in [0.3, 0.4) is 0 Å². The summed E-state index contributed by atoms with van der Waals surface area (Å²) in [5.74, 6) is 1.74. The molecule has 0 atom stereocenters. The van der Waals surface area contributed by atoms with Crippen molar-refractivity contribution in [1.82, 2.24) is 0 Å². The first-order chi connectivity index (χ1) is 24.2. The second-order valence-electron chi connectivity index (χ2n) is 13.3. The second kappa shape index (κ2) is 23.5. The molecule has 0 amide bonds. The molecular weight excluding hydrogens is 1380 g/mol. The van der Waals surface area contributed by atoms with Crippen molar-refractivity contribution in [3.8, 4) is 11.5 Å². The highest BCUT2D eigenvalue weighted by Crippen LogP contribution is 2.57. The van der Waals surface area contributed by atoms with E-state index < -0.39 is 11.2 Å². The van der Waals surface area contributed by atoms with Crippen LogP contribution in [0.5, 0.6) is 11.5 Å². The van der Waals surface area contributed by atoms with Crippen LogP contribution < -0.4 is 9.64 Å². The molecule has 0 saturated carbocycles. The molecule has 304 valence electrons. The van der Waals surface area contributed by atoms with Gasteiger partial charge >= 0.3 is 0 Å². The largest absolute Gasteiger partial charge is 0.457 e. The van der Waals surface area contributed by atoms with Crippen LogP contribution in [0.4, 0.5) is 17.1 Å². The summed E-state index contributed by atoms with van der Waals surface area (Å²) in [6.07, 6.45) is 8.70. The molecule has 4 heterocycles. The standard InChI is InChI=1S/C24H21NO.C18H16O2.2C2H6.6HI/c1-23(2)16-17-24(26-23)19-12-6-8-14-21(19)25(18-10-4-3-5-11-18)22-15-9-7-13-20(22)24;1-17(2)11-12-18(20-17)13-7-3-5-9-15(13)19-16-10-6-4-8-14(16)18;2*1-2;;;;;;/h3-17H,1-2H3;3-12H,1-2H3;2*1-2H3;6*1H. The van der Waals surface area contributed by atoms with Gasteiger partial charge in [0.05, 0.1) is 22.6 Å². The Kier molecular flexibility index (Phi) is 23.3. The molecule has 5 aromatic carbocycles. The van der Waals surface area contributed by atoms with E-state index in [0.29, 0.717) is 0 Å². The summed E-state index contributed by atoms with van der Waals surface area (Å²) in [4.78, 5) is 2.33. The summed E-state index contributed by atoms with van der Waals surface area (Å²) < 4.78 is 19.1. The fourth-order valence-corrected chi connectivity index (χ4v) is 7.26. The fraction of sp³-hybridized carbons (Fsp3) is 0.261. The van der Waals surface area contributed by atoms with Gasteiger partial charge in [-0.1, -0.05) is 131 Å². The van der Waals surface area contributed by atoms with Crippen LogP contribution in [0.2, 0.25) is 0 Å². The predicted octanol–water partition coefficient (Wildman–Crippen LogP) is 16.2. The highest BCUT2D eigenvalue weighted by molar-refractivity contribution is 14.0. The molecule has 0 aliphatic carbocycles. The molecular formula is C46H55I6NO3. The Bertz CT molecular complexity index is 1940. The molecule has 4 nitrogen and oxygen atoms in total. The van der Waals surface area contributed by atoms with E-state index >= 15 is 0 Å². The van der Waals surface area contributed by atoms with Crippen LogP contribution in [-0.2, 0) is 20.7 Å². The van der Waals surface area contributed by atoms with Crippen molar-refractivity contribution in [2.75, 3.05) is 4.90 Å². The minimum atomic E-state index is -0.540. The maximum absolute atomic E-state index is 6.68. The molecule has 0 bridgehead atoms. The van der Waals surface area contributed by atoms with Crippen LogP contribution >= 0.6 is 144 Å². The van der Waals surface area contributed by atoms with Crippen LogP contribution in [0.25, 0.3) is 0 Å². The lowest BCUT2D eigenvalue weighted by Gasteiger charge is -2.43. The van der Waals surface area contributed by atoms with E-state index in [1.165, 1.54) is 22.5 Å². The number of hydrogen-bond acceptors (Lipinski definition) is 4. The van der Waals surface area contributed by atoms with E-state index in [9.17, 15) is 0 Å². The highest BCUT2D eigenvalue weighted by atomic mass is 127. The Labute approximate surface area is 437 Å². The molecule has 0 saturated heterocycles. The van der Waals surface area contributed by atoms with Gasteiger partial charge in [-0.15, -0.1) is 144 Å². The third kappa shape index (κ3) is 10.7. The molecule has 10 heteroatoms. The number of fused-ring (bicyclic) bond motifs is 8. The molecule has 0 aromatic heterocycles. The Hall–Kier alpha value is -0.520. The van der Waals surface area contributed by atoms with Crippen LogP contribution in [0, 0.1) is 0 Å². The normalized spacial score (nSPS) is 16.1. The van der Waals surface area contributed by atoms with Gasteiger partial charge in [-0.2, -0.15) is 0 Å². The summed E-state index contributed by atoms with van der Waals surface area (Å²) >= 11 is 0. The number of rotatable bonds is 1. The molecule has 4 aliphatic rings. The molecule has 0 N–H and O–H groups in total. The monoisotopic (exact) mass is 1430 g/mol. The minimum absolute atomic E-state index is 0. The van der Waals surface area contributed by atoms with Crippen molar-refractivity contribution in [2.24, 2.45) is 0 Å². The average molecular weight is 1430 g/mol. The van der Waals surface area contributed by atoms with Crippen molar-refractivity contribution in [1.29, 1.82) is 0 Å². The van der Waals surface area contributed by atoms with Gasteiger partial charge in [0.15, 0.2) is 0 Å². The van der Waals surface area contributed by atoms with Crippen molar-refractivity contribution in [3.63, 3.8) is 0 Å². The summed E-state index contributed by atoms with van der Waals surface area (Å²) in [5.41, 5.74) is 6.35. The maximum atomic E-state index is 6.68. The van der Waals surface area contributed by atoms with Crippen molar-refractivity contribution in [3.05, 3.63) is 174 Å². The first-order valence-electron chi connectivity index (χ1n) is 17.9. The van der Waals surface area contributed by atoms with Crippen molar-refractivity contribution < 1.29 is 14.2 Å². The van der Waals surface area contributed by atoms with E-state index in [1.54, 1.807) is 0 Å². The van der Waals surface area contributed by atoms with Gasteiger partial charge in [-0.05, 0) is 76.2 Å². The summed E-state index contributed by atoms with van der Waals surface area (Å²) in [7, 11) is 0. The molecule has 9 rings (SSSR count). The predicted molar refractivity (Wildman–Crippen MR) is 299 cm³/mol. The third-order valence-corrected chi connectivity index (χ3v) is 9.19. The lowest BCUT2D eigenvalue weighted by atomic mass is 9.80. The van der Waals surface area contributed by atoms with Gasteiger partial charge in [-0.3, -0.25) is 0 Å². The van der Waals surface area contributed by atoms with E-state index in [4.69, 9.17) is 14.2 Å². The van der Waals surface area contributed by atoms with E-state index in [1.807, 2.05) is 64.1 Å². The number of para-hydroxylation sites is 5. The quantitative estimate of drug-likeness (QED) is 0.124. The average Bonchev–Trinajstić information content (AvgIpc) is 3.66. The zero-order valence-electron chi connectivity index (χ0n) is 33.1. The number of nitrogens with zero attached hydrogens (tertiary/aromatic N) is 1. The second-order valence-corrected chi connectivity index (χ2v) is 13.3. The molecule has 0 fully saturated rings. The minimum Gasteiger partial charge on any atom is -0.457 e. The molecule has 56 heavy (non-hydrogen) atoms. The van der Waals surface area contributed by atoms with Gasteiger partial charge in [0.25, 0.3) is 0 Å². The number of halogens is 6. The Balaban J connectivity index is 0.000000922. The number of hydrogen-bond donors (Lipinski definition) is 0. The lowest BCUT2D eigenvalue weighted by molar-refractivity contribution is -0.0539. The molecule has 4 aliphatic heterocycles. The Morgan fingerprint density at radius 3 is 1.07 bits per heavy atom. The van der Waals surface area contributed by atoms with Gasteiger partial charge in [0.1, 0.15) is 22.7 Å². The van der Waals surface area contributed by atoms with Gasteiger partial charge in [0.2, 0.25) is 0 Å². The van der Waals surface area contributed by atoms with Gasteiger partial charge in [0, 0.05) is 27.9 Å². The topological polar surface area (TPSA) is 30.9 Å². The van der Waals surface area contributed by atoms with Crippen molar-refractivity contribution >= 4 is 161 Å². The van der Waals surface area contributed by atoms with E-state index in [2.05, 4.69) is 148 Å². The number of benzene rings is 5.